The van der Waals surface area contributed by atoms with Crippen molar-refractivity contribution in [3.8, 4) is 0 Å². The molecule has 0 radical (unpaired) electrons. The average molecular weight is 226 g/mol. The van der Waals surface area contributed by atoms with Gasteiger partial charge in [-0.3, -0.25) is 0 Å². The van der Waals surface area contributed by atoms with Gasteiger partial charge in [0, 0.05) is 12.7 Å². The number of allylic oxidation sites excluding steroid dienone is 2. The highest BCUT2D eigenvalue weighted by atomic mass is 35.5. The topological polar surface area (TPSA) is 3.24 Å². The molecule has 0 aromatic rings. The molecular formula is C9H11ClF3N. The lowest BCUT2D eigenvalue weighted by molar-refractivity contribution is -0.0899. The van der Waals surface area contributed by atoms with Gasteiger partial charge in [-0.15, -0.1) is 0 Å². The standard InChI is InChI=1S/C9H11ClF3N/c1-3-14-6-7(9(11,12)13)4-5-8(14,2)10/h4-6H,3H2,1-2H3. The van der Waals surface area contributed by atoms with Gasteiger partial charge < -0.3 is 4.90 Å². The fourth-order valence-electron chi connectivity index (χ4n) is 1.24. The summed E-state index contributed by atoms with van der Waals surface area (Å²) in [7, 11) is 0. The maximum absolute atomic E-state index is 12.3. The van der Waals surface area contributed by atoms with Gasteiger partial charge in [0.25, 0.3) is 0 Å². The quantitative estimate of drug-likeness (QED) is 0.489. The molecule has 1 unspecified atom stereocenters. The monoisotopic (exact) mass is 225 g/mol. The van der Waals surface area contributed by atoms with Crippen LogP contribution < -0.4 is 0 Å². The SMILES string of the molecule is CCN1C=C(C(F)(F)F)C=CC1(C)Cl. The predicted octanol–water partition coefficient (Wildman–Crippen LogP) is 3.28. The van der Waals surface area contributed by atoms with E-state index in [0.717, 1.165) is 12.3 Å². The van der Waals surface area contributed by atoms with Gasteiger partial charge in [0.1, 0.15) is 5.00 Å². The lowest BCUT2D eigenvalue weighted by Gasteiger charge is -2.35. The number of hydrogen-bond donors (Lipinski definition) is 0. The number of rotatable bonds is 1. The van der Waals surface area contributed by atoms with E-state index in [-0.39, 0.29) is 0 Å². The van der Waals surface area contributed by atoms with Crippen LogP contribution in [0.3, 0.4) is 0 Å². The molecule has 1 nitrogen and oxygen atoms in total. The van der Waals surface area contributed by atoms with E-state index < -0.39 is 16.7 Å². The van der Waals surface area contributed by atoms with E-state index in [4.69, 9.17) is 11.6 Å². The molecule has 0 aromatic heterocycles. The van der Waals surface area contributed by atoms with Crippen LogP contribution in [-0.4, -0.2) is 22.6 Å². The van der Waals surface area contributed by atoms with E-state index in [9.17, 15) is 13.2 Å². The van der Waals surface area contributed by atoms with Crippen LogP contribution in [0.15, 0.2) is 23.9 Å². The van der Waals surface area contributed by atoms with Crippen LogP contribution in [0.2, 0.25) is 0 Å². The molecule has 1 rings (SSSR count). The van der Waals surface area contributed by atoms with Crippen molar-refractivity contribution in [2.45, 2.75) is 25.0 Å². The largest absolute Gasteiger partial charge is 0.417 e. The second kappa shape index (κ2) is 3.50. The van der Waals surface area contributed by atoms with Crippen LogP contribution >= 0.6 is 11.6 Å². The fraction of sp³-hybridized carbons (Fsp3) is 0.556. The Bertz CT molecular complexity index is 278. The molecule has 0 saturated heterocycles. The van der Waals surface area contributed by atoms with E-state index >= 15 is 0 Å². The van der Waals surface area contributed by atoms with Crippen LogP contribution in [0.25, 0.3) is 0 Å². The van der Waals surface area contributed by atoms with Crippen molar-refractivity contribution >= 4 is 11.6 Å². The van der Waals surface area contributed by atoms with Crippen molar-refractivity contribution < 1.29 is 13.2 Å². The summed E-state index contributed by atoms with van der Waals surface area (Å²) in [6, 6.07) is 0. The second-order valence-corrected chi connectivity index (χ2v) is 3.99. The highest BCUT2D eigenvalue weighted by Crippen LogP contribution is 2.34. The Morgan fingerprint density at radius 3 is 2.50 bits per heavy atom. The highest BCUT2D eigenvalue weighted by molar-refractivity contribution is 6.24. The summed E-state index contributed by atoms with van der Waals surface area (Å²) in [5, 5.41) is 0. The van der Waals surface area contributed by atoms with Crippen LogP contribution in [0.5, 0.6) is 0 Å². The third-order valence-electron chi connectivity index (χ3n) is 2.09. The van der Waals surface area contributed by atoms with Gasteiger partial charge in [0.15, 0.2) is 0 Å². The third kappa shape index (κ3) is 2.23. The molecule has 0 N–H and O–H groups in total. The summed E-state index contributed by atoms with van der Waals surface area (Å²) in [6.45, 7) is 3.84. The van der Waals surface area contributed by atoms with E-state index in [1.807, 2.05) is 0 Å². The molecule has 80 valence electrons. The Balaban J connectivity index is 2.97. The van der Waals surface area contributed by atoms with Gasteiger partial charge in [-0.25, -0.2) is 0 Å². The van der Waals surface area contributed by atoms with Gasteiger partial charge in [-0.1, -0.05) is 11.6 Å². The molecule has 0 spiro atoms. The van der Waals surface area contributed by atoms with Crippen LogP contribution in [0, 0.1) is 0 Å². The molecule has 0 saturated carbocycles. The zero-order valence-corrected chi connectivity index (χ0v) is 8.65. The van der Waals surface area contributed by atoms with Gasteiger partial charge in [-0.2, -0.15) is 13.2 Å². The summed E-state index contributed by atoms with van der Waals surface area (Å²) in [6.07, 6.45) is -0.898. The van der Waals surface area contributed by atoms with Gasteiger partial charge in [0.2, 0.25) is 0 Å². The van der Waals surface area contributed by atoms with E-state index in [1.54, 1.807) is 13.8 Å². The first-order chi connectivity index (χ1) is 6.27. The zero-order valence-electron chi connectivity index (χ0n) is 7.90. The highest BCUT2D eigenvalue weighted by Gasteiger charge is 2.37. The fourth-order valence-corrected chi connectivity index (χ4v) is 1.47. The van der Waals surface area contributed by atoms with Crippen molar-refractivity contribution in [3.63, 3.8) is 0 Å². The minimum absolute atomic E-state index is 0.434. The first kappa shape index (κ1) is 11.4. The Kier molecular flexibility index (Phi) is 2.86. The lowest BCUT2D eigenvalue weighted by Crippen LogP contribution is -2.39. The summed E-state index contributed by atoms with van der Waals surface area (Å²) < 4.78 is 36.9. The maximum atomic E-state index is 12.3. The molecule has 5 heteroatoms. The smallest absolute Gasteiger partial charge is 0.356 e. The van der Waals surface area contributed by atoms with E-state index in [1.165, 1.54) is 11.0 Å². The van der Waals surface area contributed by atoms with E-state index in [0.29, 0.717) is 6.54 Å². The Labute approximate surface area is 85.8 Å². The Morgan fingerprint density at radius 2 is 2.07 bits per heavy atom. The summed E-state index contributed by atoms with van der Waals surface area (Å²) >= 11 is 5.98. The number of nitrogens with zero attached hydrogens (tertiary/aromatic N) is 1. The van der Waals surface area contributed by atoms with Crippen molar-refractivity contribution in [3.05, 3.63) is 23.9 Å². The van der Waals surface area contributed by atoms with Crippen molar-refractivity contribution in [2.75, 3.05) is 6.54 Å². The molecule has 1 heterocycles. The molecule has 1 aliphatic rings. The van der Waals surface area contributed by atoms with Crippen molar-refractivity contribution in [1.82, 2.24) is 4.90 Å². The lowest BCUT2D eigenvalue weighted by atomic mass is 10.1. The molecule has 0 bridgehead atoms. The van der Waals surface area contributed by atoms with Crippen LogP contribution in [0.4, 0.5) is 13.2 Å². The van der Waals surface area contributed by atoms with Crippen molar-refractivity contribution in [2.24, 2.45) is 0 Å². The Morgan fingerprint density at radius 1 is 1.50 bits per heavy atom. The normalized spacial score (nSPS) is 27.9. The summed E-state index contributed by atoms with van der Waals surface area (Å²) in [5.74, 6) is 0. The van der Waals surface area contributed by atoms with Gasteiger partial charge in [0.05, 0.1) is 5.57 Å². The first-order valence-corrected chi connectivity index (χ1v) is 4.59. The molecule has 1 atom stereocenters. The number of alkyl halides is 4. The summed E-state index contributed by atoms with van der Waals surface area (Å²) in [4.78, 5) is 0.584. The molecule has 0 amide bonds. The molecule has 14 heavy (non-hydrogen) atoms. The molecular weight excluding hydrogens is 215 g/mol. The summed E-state index contributed by atoms with van der Waals surface area (Å²) in [5.41, 5.74) is -0.669. The maximum Gasteiger partial charge on any atom is 0.417 e. The second-order valence-electron chi connectivity index (χ2n) is 3.23. The Hall–Kier alpha value is -0.640. The van der Waals surface area contributed by atoms with Crippen LogP contribution in [0.1, 0.15) is 13.8 Å². The van der Waals surface area contributed by atoms with E-state index in [2.05, 4.69) is 0 Å². The molecule has 1 aliphatic heterocycles. The van der Waals surface area contributed by atoms with Crippen LogP contribution in [-0.2, 0) is 0 Å². The predicted molar refractivity (Wildman–Crippen MR) is 49.9 cm³/mol. The molecule has 0 fully saturated rings. The van der Waals surface area contributed by atoms with Gasteiger partial charge in [-0.05, 0) is 26.0 Å². The minimum Gasteiger partial charge on any atom is -0.356 e. The minimum atomic E-state index is -4.31. The zero-order chi connectivity index (χ0) is 11.0. The number of halogens is 4. The molecule has 0 aliphatic carbocycles. The van der Waals surface area contributed by atoms with Crippen molar-refractivity contribution in [1.29, 1.82) is 0 Å². The number of hydrogen-bond acceptors (Lipinski definition) is 1. The number of likely N-dealkylation sites (N-methyl/N-ethyl adjacent to an activating group) is 1. The average Bonchev–Trinajstić information content (AvgIpc) is 2.01. The third-order valence-corrected chi connectivity index (χ3v) is 2.43. The molecule has 0 aromatic carbocycles. The van der Waals surface area contributed by atoms with Gasteiger partial charge >= 0.3 is 6.18 Å². The first-order valence-electron chi connectivity index (χ1n) is 4.21.